The molecule has 0 radical (unpaired) electrons. The van der Waals surface area contributed by atoms with Gasteiger partial charge in [0.2, 0.25) is 0 Å². The Morgan fingerprint density at radius 2 is 2.23 bits per heavy atom. The van der Waals surface area contributed by atoms with E-state index in [0.29, 0.717) is 6.04 Å². The van der Waals surface area contributed by atoms with Gasteiger partial charge in [0.15, 0.2) is 5.11 Å². The number of methoxy groups -OCH3 is 1. The molecule has 0 fully saturated rings. The fraction of sp³-hybridized carbons (Fsp3) is 0.889. The molecule has 0 unspecified atom stereocenters. The summed E-state index contributed by atoms with van der Waals surface area (Å²) >= 11 is 5.08. The van der Waals surface area contributed by atoms with Crippen molar-refractivity contribution in [3.8, 4) is 0 Å². The van der Waals surface area contributed by atoms with E-state index >= 15 is 0 Å². The molecule has 0 aliphatic heterocycles. The number of hydrogen-bond acceptors (Lipinski definition) is 2. The van der Waals surface area contributed by atoms with Crippen molar-refractivity contribution in [2.45, 2.75) is 32.7 Å². The smallest absolute Gasteiger partial charge is 0.166 e. The first-order valence-electron chi connectivity index (χ1n) is 4.74. The molecule has 4 heteroatoms. The number of nitrogens with one attached hydrogen (secondary N) is 2. The lowest BCUT2D eigenvalue weighted by Gasteiger charge is -2.14. The number of thiocarbonyl (C=S) groups is 1. The van der Waals surface area contributed by atoms with Crippen LogP contribution in [0.2, 0.25) is 0 Å². The van der Waals surface area contributed by atoms with E-state index in [1.807, 2.05) is 0 Å². The highest BCUT2D eigenvalue weighted by Crippen LogP contribution is 1.87. The SMILES string of the molecule is CC[C@@H](C)NC(=S)NCCCOC. The molecule has 1 atom stereocenters. The van der Waals surface area contributed by atoms with E-state index in [9.17, 15) is 0 Å². The third-order valence-electron chi connectivity index (χ3n) is 1.80. The first-order valence-corrected chi connectivity index (χ1v) is 5.14. The topological polar surface area (TPSA) is 33.3 Å². The molecule has 0 spiro atoms. The molecular weight excluding hydrogens is 184 g/mol. The highest BCUT2D eigenvalue weighted by atomic mass is 32.1. The lowest BCUT2D eigenvalue weighted by atomic mass is 10.3. The van der Waals surface area contributed by atoms with Gasteiger partial charge in [0, 0.05) is 26.3 Å². The molecule has 0 amide bonds. The predicted octanol–water partition coefficient (Wildman–Crippen LogP) is 1.29. The van der Waals surface area contributed by atoms with Gasteiger partial charge in [-0.05, 0) is 32.0 Å². The summed E-state index contributed by atoms with van der Waals surface area (Å²) in [5.41, 5.74) is 0. The maximum atomic E-state index is 5.08. The molecule has 0 heterocycles. The Bertz CT molecular complexity index is 142. The Balaban J connectivity index is 3.30. The lowest BCUT2D eigenvalue weighted by Crippen LogP contribution is -2.40. The van der Waals surface area contributed by atoms with Gasteiger partial charge >= 0.3 is 0 Å². The highest BCUT2D eigenvalue weighted by Gasteiger charge is 1.99. The Kier molecular flexibility index (Phi) is 8.04. The second-order valence-electron chi connectivity index (χ2n) is 3.06. The van der Waals surface area contributed by atoms with E-state index in [0.717, 1.165) is 31.1 Å². The largest absolute Gasteiger partial charge is 0.385 e. The summed E-state index contributed by atoms with van der Waals surface area (Å²) in [6.07, 6.45) is 2.07. The zero-order valence-electron chi connectivity index (χ0n) is 8.72. The molecule has 0 aromatic heterocycles. The first kappa shape index (κ1) is 12.7. The average molecular weight is 204 g/mol. The second kappa shape index (κ2) is 8.26. The van der Waals surface area contributed by atoms with Crippen LogP contribution in [0.3, 0.4) is 0 Å². The van der Waals surface area contributed by atoms with Gasteiger partial charge in [-0.15, -0.1) is 0 Å². The van der Waals surface area contributed by atoms with Crippen LogP contribution < -0.4 is 10.6 Å². The van der Waals surface area contributed by atoms with Gasteiger partial charge in [-0.25, -0.2) is 0 Å². The predicted molar refractivity (Wildman–Crippen MR) is 60.0 cm³/mol. The summed E-state index contributed by atoms with van der Waals surface area (Å²) in [6, 6.07) is 0.447. The first-order chi connectivity index (χ1) is 6.20. The van der Waals surface area contributed by atoms with E-state index in [4.69, 9.17) is 17.0 Å². The quantitative estimate of drug-likeness (QED) is 0.504. The molecule has 0 saturated heterocycles. The van der Waals surface area contributed by atoms with Gasteiger partial charge in [-0.1, -0.05) is 6.92 Å². The maximum absolute atomic E-state index is 5.08. The van der Waals surface area contributed by atoms with Crippen molar-refractivity contribution in [3.05, 3.63) is 0 Å². The van der Waals surface area contributed by atoms with Crippen LogP contribution in [0.5, 0.6) is 0 Å². The summed E-state index contributed by atoms with van der Waals surface area (Å²) in [5, 5.41) is 7.05. The molecule has 13 heavy (non-hydrogen) atoms. The van der Waals surface area contributed by atoms with Crippen molar-refractivity contribution in [2.75, 3.05) is 20.3 Å². The van der Waals surface area contributed by atoms with Crippen molar-refractivity contribution in [3.63, 3.8) is 0 Å². The van der Waals surface area contributed by atoms with Crippen molar-refractivity contribution in [2.24, 2.45) is 0 Å². The van der Waals surface area contributed by atoms with Gasteiger partial charge in [-0.2, -0.15) is 0 Å². The van der Waals surface area contributed by atoms with Crippen molar-refractivity contribution >= 4 is 17.3 Å². The summed E-state index contributed by atoms with van der Waals surface area (Å²) in [4.78, 5) is 0. The maximum Gasteiger partial charge on any atom is 0.166 e. The van der Waals surface area contributed by atoms with E-state index in [1.54, 1.807) is 7.11 Å². The van der Waals surface area contributed by atoms with E-state index in [2.05, 4.69) is 24.5 Å². The third-order valence-corrected chi connectivity index (χ3v) is 2.06. The molecule has 0 aromatic rings. The standard InChI is InChI=1S/C9H20N2OS/c1-4-8(2)11-9(13)10-6-5-7-12-3/h8H,4-7H2,1-3H3,(H2,10,11,13)/t8-/m1/s1. The Hall–Kier alpha value is -0.350. The Labute approximate surface area is 86.2 Å². The summed E-state index contributed by atoms with van der Waals surface area (Å²) in [5.74, 6) is 0. The number of ether oxygens (including phenoxy) is 1. The number of rotatable bonds is 6. The van der Waals surface area contributed by atoms with Gasteiger partial charge < -0.3 is 15.4 Å². The van der Waals surface area contributed by atoms with Gasteiger partial charge in [0.1, 0.15) is 0 Å². The van der Waals surface area contributed by atoms with Crippen LogP contribution in [-0.4, -0.2) is 31.4 Å². The summed E-state index contributed by atoms with van der Waals surface area (Å²) in [6.45, 7) is 5.89. The van der Waals surface area contributed by atoms with E-state index < -0.39 is 0 Å². The zero-order valence-corrected chi connectivity index (χ0v) is 9.54. The minimum atomic E-state index is 0.447. The molecule has 78 valence electrons. The fourth-order valence-electron chi connectivity index (χ4n) is 0.795. The minimum absolute atomic E-state index is 0.447. The zero-order chi connectivity index (χ0) is 10.1. The highest BCUT2D eigenvalue weighted by molar-refractivity contribution is 7.80. The molecule has 2 N–H and O–H groups in total. The lowest BCUT2D eigenvalue weighted by molar-refractivity contribution is 0.195. The third kappa shape index (κ3) is 7.99. The van der Waals surface area contributed by atoms with Crippen LogP contribution in [-0.2, 0) is 4.74 Å². The van der Waals surface area contributed by atoms with Gasteiger partial charge in [0.05, 0.1) is 0 Å². The van der Waals surface area contributed by atoms with Gasteiger partial charge in [-0.3, -0.25) is 0 Å². The van der Waals surface area contributed by atoms with Crippen LogP contribution >= 0.6 is 12.2 Å². The van der Waals surface area contributed by atoms with E-state index in [-0.39, 0.29) is 0 Å². The van der Waals surface area contributed by atoms with Crippen molar-refractivity contribution in [1.82, 2.24) is 10.6 Å². The van der Waals surface area contributed by atoms with Crippen molar-refractivity contribution in [1.29, 1.82) is 0 Å². The summed E-state index contributed by atoms with van der Waals surface area (Å²) in [7, 11) is 1.70. The summed E-state index contributed by atoms with van der Waals surface area (Å²) < 4.78 is 4.92. The minimum Gasteiger partial charge on any atom is -0.385 e. The number of hydrogen-bond donors (Lipinski definition) is 2. The second-order valence-corrected chi connectivity index (χ2v) is 3.46. The molecule has 0 aliphatic carbocycles. The Morgan fingerprint density at radius 1 is 1.54 bits per heavy atom. The normalized spacial score (nSPS) is 12.2. The van der Waals surface area contributed by atoms with Crippen molar-refractivity contribution < 1.29 is 4.74 Å². The van der Waals surface area contributed by atoms with Crippen LogP contribution in [0.1, 0.15) is 26.7 Å². The van der Waals surface area contributed by atoms with Crippen LogP contribution in [0.15, 0.2) is 0 Å². The molecule has 3 nitrogen and oxygen atoms in total. The van der Waals surface area contributed by atoms with Gasteiger partial charge in [0.25, 0.3) is 0 Å². The molecule has 0 rings (SSSR count). The van der Waals surface area contributed by atoms with Crippen LogP contribution in [0, 0.1) is 0 Å². The average Bonchev–Trinajstić information content (AvgIpc) is 2.12. The molecule has 0 bridgehead atoms. The van der Waals surface area contributed by atoms with E-state index in [1.165, 1.54) is 0 Å². The van der Waals surface area contributed by atoms with Crippen LogP contribution in [0.25, 0.3) is 0 Å². The monoisotopic (exact) mass is 204 g/mol. The molecular formula is C9H20N2OS. The fourth-order valence-corrected chi connectivity index (χ4v) is 1.10. The molecule has 0 aliphatic rings. The Morgan fingerprint density at radius 3 is 2.77 bits per heavy atom. The molecule has 0 saturated carbocycles. The van der Waals surface area contributed by atoms with Crippen LogP contribution in [0.4, 0.5) is 0 Å². The molecule has 0 aromatic carbocycles.